The first-order chi connectivity index (χ1) is 10.9. The Kier molecular flexibility index (Phi) is 3.21. The highest BCUT2D eigenvalue weighted by Gasteiger charge is 2.33. The molecule has 1 aliphatic heterocycles. The van der Waals surface area contributed by atoms with Gasteiger partial charge in [-0.1, -0.05) is 23.7 Å². The molecule has 0 saturated carbocycles. The number of hydrogen-bond acceptors (Lipinski definition) is 3. The average molecular weight is 353 g/mol. The molecule has 1 N–H and O–H groups in total. The number of pyridine rings is 1. The number of halogens is 4. The number of rotatable bonds is 0. The quantitative estimate of drug-likeness (QED) is 0.502. The van der Waals surface area contributed by atoms with E-state index in [1.54, 1.807) is 12.1 Å². The SMILES string of the molecule is FC(F)(F)c1ccnc2c3c(ccc12)-c1cc(Cl)ccc1SN3. The third kappa shape index (κ3) is 2.33. The molecule has 1 aliphatic rings. The van der Waals surface area contributed by atoms with Gasteiger partial charge in [0, 0.05) is 32.6 Å². The highest BCUT2D eigenvalue weighted by molar-refractivity contribution is 8.00. The van der Waals surface area contributed by atoms with Crippen molar-refractivity contribution in [3.05, 3.63) is 53.2 Å². The van der Waals surface area contributed by atoms with E-state index in [0.717, 1.165) is 22.1 Å². The van der Waals surface area contributed by atoms with E-state index in [1.165, 1.54) is 24.2 Å². The molecular weight excluding hydrogens is 345 g/mol. The molecule has 2 aromatic carbocycles. The Morgan fingerprint density at radius 1 is 1.04 bits per heavy atom. The summed E-state index contributed by atoms with van der Waals surface area (Å²) in [6.07, 6.45) is -3.23. The van der Waals surface area contributed by atoms with E-state index in [2.05, 4.69) is 9.71 Å². The smallest absolute Gasteiger partial charge is 0.323 e. The zero-order valence-corrected chi connectivity index (χ0v) is 13.0. The summed E-state index contributed by atoms with van der Waals surface area (Å²) in [6, 6.07) is 9.60. The highest BCUT2D eigenvalue weighted by atomic mass is 35.5. The van der Waals surface area contributed by atoms with Crippen LogP contribution >= 0.6 is 23.5 Å². The predicted molar refractivity (Wildman–Crippen MR) is 86.7 cm³/mol. The molecule has 2 heterocycles. The zero-order chi connectivity index (χ0) is 16.2. The molecule has 2 nitrogen and oxygen atoms in total. The molecule has 23 heavy (non-hydrogen) atoms. The summed E-state index contributed by atoms with van der Waals surface area (Å²) < 4.78 is 42.6. The second kappa shape index (κ2) is 5.04. The highest BCUT2D eigenvalue weighted by Crippen LogP contribution is 2.47. The van der Waals surface area contributed by atoms with Gasteiger partial charge in [-0.2, -0.15) is 13.2 Å². The normalized spacial score (nSPS) is 13.4. The number of fused-ring (bicyclic) bond motifs is 5. The van der Waals surface area contributed by atoms with Crippen LogP contribution in [-0.4, -0.2) is 4.98 Å². The van der Waals surface area contributed by atoms with Crippen molar-refractivity contribution >= 4 is 40.1 Å². The molecule has 7 heteroatoms. The van der Waals surface area contributed by atoms with Crippen LogP contribution in [0.3, 0.4) is 0 Å². The zero-order valence-electron chi connectivity index (χ0n) is 11.4. The Balaban J connectivity index is 2.03. The lowest BCUT2D eigenvalue weighted by Gasteiger charge is -2.22. The van der Waals surface area contributed by atoms with E-state index in [4.69, 9.17) is 11.6 Å². The number of nitrogens with zero attached hydrogens (tertiary/aromatic N) is 1. The van der Waals surface area contributed by atoms with Crippen LogP contribution < -0.4 is 4.72 Å². The summed E-state index contributed by atoms with van der Waals surface area (Å²) in [5.41, 5.74) is 1.87. The number of aromatic nitrogens is 1. The van der Waals surface area contributed by atoms with Crippen molar-refractivity contribution in [1.29, 1.82) is 0 Å². The lowest BCUT2D eigenvalue weighted by Crippen LogP contribution is -2.07. The lowest BCUT2D eigenvalue weighted by atomic mass is 9.99. The summed E-state index contributed by atoms with van der Waals surface area (Å²) in [5.74, 6) is 0. The number of anilines is 1. The van der Waals surface area contributed by atoms with Gasteiger partial charge in [0.05, 0.1) is 16.8 Å². The van der Waals surface area contributed by atoms with E-state index in [0.29, 0.717) is 16.2 Å². The standard InChI is InChI=1S/C16H8ClF3N2S/c17-8-1-4-13-11(7-8)9-2-3-10-12(16(18,19)20)5-6-21-14(10)15(9)22-23-13/h1-7,22H. The molecule has 0 atom stereocenters. The molecule has 0 unspecified atom stereocenters. The maximum atomic E-state index is 13.2. The Labute approximate surface area is 138 Å². The minimum atomic E-state index is -4.42. The van der Waals surface area contributed by atoms with E-state index >= 15 is 0 Å². The van der Waals surface area contributed by atoms with Crippen LogP contribution in [0.4, 0.5) is 18.9 Å². The topological polar surface area (TPSA) is 24.9 Å². The average Bonchev–Trinajstić information content (AvgIpc) is 2.52. The van der Waals surface area contributed by atoms with Gasteiger partial charge in [-0.3, -0.25) is 4.98 Å². The van der Waals surface area contributed by atoms with Crippen molar-refractivity contribution < 1.29 is 13.2 Å². The molecule has 3 aromatic rings. The third-order valence-corrected chi connectivity index (χ3v) is 4.83. The summed E-state index contributed by atoms with van der Waals surface area (Å²) in [5, 5.41) is 0.659. The summed E-state index contributed by atoms with van der Waals surface area (Å²) >= 11 is 7.39. The molecule has 0 saturated heterocycles. The van der Waals surface area contributed by atoms with Crippen molar-refractivity contribution in [1.82, 2.24) is 4.98 Å². The monoisotopic (exact) mass is 352 g/mol. The van der Waals surface area contributed by atoms with Gasteiger partial charge in [0.1, 0.15) is 0 Å². The van der Waals surface area contributed by atoms with Crippen LogP contribution in [0.25, 0.3) is 22.0 Å². The van der Waals surface area contributed by atoms with Crippen molar-refractivity contribution in [2.75, 3.05) is 4.72 Å². The van der Waals surface area contributed by atoms with Gasteiger partial charge >= 0.3 is 6.18 Å². The van der Waals surface area contributed by atoms with Crippen molar-refractivity contribution in [3.8, 4) is 11.1 Å². The van der Waals surface area contributed by atoms with E-state index < -0.39 is 11.7 Å². The minimum absolute atomic E-state index is 0.0809. The van der Waals surface area contributed by atoms with Crippen molar-refractivity contribution in [2.24, 2.45) is 0 Å². The van der Waals surface area contributed by atoms with Gasteiger partial charge in [0.25, 0.3) is 0 Å². The number of nitrogens with one attached hydrogen (secondary N) is 1. The Bertz CT molecular complexity index is 940. The summed E-state index contributed by atoms with van der Waals surface area (Å²) in [4.78, 5) is 5.12. The largest absolute Gasteiger partial charge is 0.417 e. The maximum absolute atomic E-state index is 13.2. The Hall–Kier alpha value is -1.92. The molecular formula is C16H8ClF3N2S. The van der Waals surface area contributed by atoms with E-state index in [-0.39, 0.29) is 5.39 Å². The van der Waals surface area contributed by atoms with Crippen LogP contribution in [0.2, 0.25) is 5.02 Å². The van der Waals surface area contributed by atoms with E-state index in [1.807, 2.05) is 12.1 Å². The number of hydrogen-bond donors (Lipinski definition) is 1. The van der Waals surface area contributed by atoms with Gasteiger partial charge in [-0.05, 0) is 36.2 Å². The Morgan fingerprint density at radius 3 is 2.65 bits per heavy atom. The van der Waals surface area contributed by atoms with Crippen LogP contribution in [0.5, 0.6) is 0 Å². The summed E-state index contributed by atoms with van der Waals surface area (Å²) in [7, 11) is 0. The number of alkyl halides is 3. The molecule has 0 aliphatic carbocycles. The molecule has 4 rings (SSSR count). The molecule has 0 bridgehead atoms. The third-order valence-electron chi connectivity index (χ3n) is 3.71. The van der Waals surface area contributed by atoms with Crippen molar-refractivity contribution in [3.63, 3.8) is 0 Å². The minimum Gasteiger partial charge on any atom is -0.323 e. The summed E-state index contributed by atoms with van der Waals surface area (Å²) in [6.45, 7) is 0. The first-order valence-electron chi connectivity index (χ1n) is 6.67. The molecule has 0 fully saturated rings. The maximum Gasteiger partial charge on any atom is 0.417 e. The second-order valence-corrected chi connectivity index (χ2v) is 6.37. The molecule has 0 spiro atoms. The molecule has 116 valence electrons. The first-order valence-corrected chi connectivity index (χ1v) is 7.86. The van der Waals surface area contributed by atoms with Gasteiger partial charge in [-0.15, -0.1) is 0 Å². The van der Waals surface area contributed by atoms with Crippen LogP contribution in [0.1, 0.15) is 5.56 Å². The molecule has 0 amide bonds. The van der Waals surface area contributed by atoms with E-state index in [9.17, 15) is 13.2 Å². The fourth-order valence-corrected chi connectivity index (χ4v) is 3.71. The predicted octanol–water partition coefficient (Wildman–Crippen LogP) is 6.01. The van der Waals surface area contributed by atoms with Crippen LogP contribution in [0.15, 0.2) is 47.5 Å². The number of benzene rings is 2. The van der Waals surface area contributed by atoms with Gasteiger partial charge in [0.15, 0.2) is 0 Å². The fourth-order valence-electron chi connectivity index (χ4n) is 2.70. The van der Waals surface area contributed by atoms with Gasteiger partial charge < -0.3 is 4.72 Å². The second-order valence-electron chi connectivity index (χ2n) is 5.09. The molecule has 0 radical (unpaired) electrons. The van der Waals surface area contributed by atoms with Crippen LogP contribution in [0, 0.1) is 0 Å². The van der Waals surface area contributed by atoms with Gasteiger partial charge in [-0.25, -0.2) is 0 Å². The fraction of sp³-hybridized carbons (Fsp3) is 0.0625. The molecule has 1 aromatic heterocycles. The van der Waals surface area contributed by atoms with Gasteiger partial charge in [0.2, 0.25) is 0 Å². The van der Waals surface area contributed by atoms with Crippen molar-refractivity contribution in [2.45, 2.75) is 11.1 Å². The first kappa shape index (κ1) is 14.7. The van der Waals surface area contributed by atoms with Crippen LogP contribution in [-0.2, 0) is 6.18 Å². The lowest BCUT2D eigenvalue weighted by molar-refractivity contribution is -0.136. The Morgan fingerprint density at radius 2 is 1.87 bits per heavy atom.